The van der Waals surface area contributed by atoms with Gasteiger partial charge in [0.05, 0.1) is 5.69 Å². The molecular formula is C21H20FNO. The van der Waals surface area contributed by atoms with Gasteiger partial charge in [0.25, 0.3) is 0 Å². The van der Waals surface area contributed by atoms with E-state index in [1.54, 1.807) is 0 Å². The van der Waals surface area contributed by atoms with Gasteiger partial charge in [-0.15, -0.1) is 0 Å². The number of fused-ring (bicyclic) bond motifs is 1. The van der Waals surface area contributed by atoms with Gasteiger partial charge < -0.3 is 0 Å². The summed E-state index contributed by atoms with van der Waals surface area (Å²) < 4.78 is 13.3. The van der Waals surface area contributed by atoms with Crippen LogP contribution in [-0.4, -0.2) is 18.2 Å². The number of nitrogens with zero attached hydrogens (tertiary/aromatic N) is 1. The summed E-state index contributed by atoms with van der Waals surface area (Å²) in [6.07, 6.45) is 3.55. The second kappa shape index (κ2) is 6.31. The van der Waals surface area contributed by atoms with Crippen LogP contribution in [0, 0.1) is 5.92 Å². The van der Waals surface area contributed by atoms with Crippen molar-refractivity contribution in [2.45, 2.75) is 37.8 Å². The minimum absolute atomic E-state index is 0.0367. The summed E-state index contributed by atoms with van der Waals surface area (Å²) in [7, 11) is 0. The van der Waals surface area contributed by atoms with Gasteiger partial charge in [-0.25, -0.2) is 4.39 Å². The maximum absolute atomic E-state index is 13.3. The van der Waals surface area contributed by atoms with Crippen LogP contribution in [-0.2, 0) is 0 Å². The molecule has 2 aromatic rings. The lowest BCUT2D eigenvalue weighted by atomic mass is 9.82. The minimum atomic E-state index is -0.731. The second-order valence-electron chi connectivity index (χ2n) is 6.75. The van der Waals surface area contributed by atoms with Gasteiger partial charge in [0.15, 0.2) is 5.78 Å². The van der Waals surface area contributed by atoms with Gasteiger partial charge in [-0.3, -0.25) is 9.79 Å². The molecule has 0 aromatic heterocycles. The lowest BCUT2D eigenvalue weighted by Gasteiger charge is -2.23. The number of carbonyl (C=O) groups excluding carboxylic acids is 1. The van der Waals surface area contributed by atoms with Crippen molar-refractivity contribution in [3.63, 3.8) is 0 Å². The maximum Gasteiger partial charge on any atom is 0.166 e. The Morgan fingerprint density at radius 2 is 1.75 bits per heavy atom. The number of rotatable bonds is 3. The molecule has 1 unspecified atom stereocenters. The average Bonchev–Trinajstić information content (AvgIpc) is 3.05. The quantitative estimate of drug-likeness (QED) is 0.710. The van der Waals surface area contributed by atoms with Crippen molar-refractivity contribution in [2.24, 2.45) is 10.9 Å². The van der Waals surface area contributed by atoms with Crippen molar-refractivity contribution >= 4 is 17.7 Å². The number of carbonyl (C=O) groups is 1. The third-order valence-electron chi connectivity index (χ3n) is 5.20. The SMILES string of the molecule is O=C(c1ccc2c(c1)N=CC2c1ccccc1)C1CCC(F)CC1. The van der Waals surface area contributed by atoms with Crippen LogP contribution in [0.2, 0.25) is 0 Å². The number of alkyl halides is 1. The minimum Gasteiger partial charge on any atom is -0.294 e. The van der Waals surface area contributed by atoms with Crippen LogP contribution in [0.15, 0.2) is 53.5 Å². The maximum atomic E-state index is 13.3. The molecule has 1 heterocycles. The van der Waals surface area contributed by atoms with Crippen LogP contribution < -0.4 is 0 Å². The molecule has 2 nitrogen and oxygen atoms in total. The van der Waals surface area contributed by atoms with E-state index in [4.69, 9.17) is 0 Å². The van der Waals surface area contributed by atoms with Crippen molar-refractivity contribution in [3.05, 3.63) is 65.2 Å². The molecule has 1 fully saturated rings. The van der Waals surface area contributed by atoms with Crippen LogP contribution in [0.5, 0.6) is 0 Å². The fourth-order valence-corrected chi connectivity index (χ4v) is 3.78. The molecule has 1 saturated carbocycles. The summed E-state index contributed by atoms with van der Waals surface area (Å²) in [5, 5.41) is 0. The molecule has 0 bridgehead atoms. The van der Waals surface area contributed by atoms with Crippen LogP contribution in [0.25, 0.3) is 0 Å². The molecule has 0 N–H and O–H groups in total. The van der Waals surface area contributed by atoms with E-state index >= 15 is 0 Å². The Bertz CT molecular complexity index is 776. The summed E-state index contributed by atoms with van der Waals surface area (Å²) in [6, 6.07) is 16.1. The largest absolute Gasteiger partial charge is 0.294 e. The zero-order valence-electron chi connectivity index (χ0n) is 13.5. The second-order valence-corrected chi connectivity index (χ2v) is 6.75. The molecule has 1 aliphatic carbocycles. The van der Waals surface area contributed by atoms with E-state index in [1.807, 2.05) is 42.6 Å². The van der Waals surface area contributed by atoms with Crippen molar-refractivity contribution in [1.82, 2.24) is 0 Å². The van der Waals surface area contributed by atoms with E-state index in [2.05, 4.69) is 17.1 Å². The Morgan fingerprint density at radius 1 is 1.00 bits per heavy atom. The van der Waals surface area contributed by atoms with Crippen LogP contribution >= 0.6 is 0 Å². The Balaban J connectivity index is 1.57. The number of halogens is 1. The fraction of sp³-hybridized carbons (Fsp3) is 0.333. The molecule has 0 spiro atoms. The molecule has 0 saturated heterocycles. The number of ketones is 1. The fourth-order valence-electron chi connectivity index (χ4n) is 3.78. The highest BCUT2D eigenvalue weighted by Gasteiger charge is 2.28. The first-order valence-corrected chi connectivity index (χ1v) is 8.64. The first-order chi connectivity index (χ1) is 11.7. The van der Waals surface area contributed by atoms with E-state index in [-0.39, 0.29) is 17.6 Å². The highest BCUT2D eigenvalue weighted by atomic mass is 19.1. The number of aliphatic imine (C=N–C) groups is 1. The van der Waals surface area contributed by atoms with Crippen molar-refractivity contribution in [2.75, 3.05) is 0 Å². The lowest BCUT2D eigenvalue weighted by Crippen LogP contribution is -2.22. The highest BCUT2D eigenvalue weighted by Crippen LogP contribution is 2.38. The topological polar surface area (TPSA) is 29.4 Å². The molecule has 24 heavy (non-hydrogen) atoms. The zero-order valence-corrected chi connectivity index (χ0v) is 13.5. The molecule has 1 aliphatic heterocycles. The Morgan fingerprint density at radius 3 is 2.50 bits per heavy atom. The number of hydrogen-bond donors (Lipinski definition) is 0. The molecule has 3 heteroatoms. The van der Waals surface area contributed by atoms with Gasteiger partial charge in [-0.1, -0.05) is 42.5 Å². The van der Waals surface area contributed by atoms with Gasteiger partial charge in [0.1, 0.15) is 6.17 Å². The first kappa shape index (κ1) is 15.3. The molecule has 122 valence electrons. The Kier molecular flexibility index (Phi) is 4.01. The summed E-state index contributed by atoms with van der Waals surface area (Å²) in [5.41, 5.74) is 3.95. The molecule has 0 amide bonds. The van der Waals surface area contributed by atoms with Gasteiger partial charge >= 0.3 is 0 Å². The van der Waals surface area contributed by atoms with Gasteiger partial charge in [0, 0.05) is 23.6 Å². The molecule has 2 aromatic carbocycles. The molecular weight excluding hydrogens is 301 g/mol. The number of Topliss-reactive ketones (excluding diaryl/α,β-unsaturated/α-hetero) is 1. The van der Waals surface area contributed by atoms with Gasteiger partial charge in [-0.05, 0) is 42.9 Å². The third kappa shape index (κ3) is 2.79. The predicted octanol–water partition coefficient (Wildman–Crippen LogP) is 5.25. The summed E-state index contributed by atoms with van der Waals surface area (Å²) >= 11 is 0. The van der Waals surface area contributed by atoms with E-state index in [1.165, 1.54) is 5.56 Å². The number of hydrogen-bond acceptors (Lipinski definition) is 2. The first-order valence-electron chi connectivity index (χ1n) is 8.64. The Hall–Kier alpha value is -2.29. The van der Waals surface area contributed by atoms with Crippen molar-refractivity contribution in [1.29, 1.82) is 0 Å². The Labute approximate surface area is 141 Å². The molecule has 0 radical (unpaired) electrons. The van der Waals surface area contributed by atoms with Crippen LogP contribution in [0.1, 0.15) is 53.1 Å². The van der Waals surface area contributed by atoms with Crippen LogP contribution in [0.3, 0.4) is 0 Å². The summed E-state index contributed by atoms with van der Waals surface area (Å²) in [5.74, 6) is 0.265. The summed E-state index contributed by atoms with van der Waals surface area (Å²) in [6.45, 7) is 0. The third-order valence-corrected chi connectivity index (χ3v) is 5.20. The molecule has 1 atom stereocenters. The van der Waals surface area contributed by atoms with Crippen molar-refractivity contribution in [3.8, 4) is 0 Å². The standard InChI is InChI=1S/C21H20FNO/c22-17-9-6-15(7-10-17)21(24)16-8-11-18-19(13-23-20(18)12-16)14-4-2-1-3-5-14/h1-5,8,11-13,15,17,19H,6-7,9-10H2. The van der Waals surface area contributed by atoms with Gasteiger partial charge in [-0.2, -0.15) is 0 Å². The smallest absolute Gasteiger partial charge is 0.166 e. The van der Waals surface area contributed by atoms with E-state index < -0.39 is 6.17 Å². The average molecular weight is 321 g/mol. The van der Waals surface area contributed by atoms with Gasteiger partial charge in [0.2, 0.25) is 0 Å². The number of benzene rings is 2. The normalized spacial score (nSPS) is 25.5. The molecule has 4 rings (SSSR count). The van der Waals surface area contributed by atoms with E-state index in [0.717, 1.165) is 11.3 Å². The lowest BCUT2D eigenvalue weighted by molar-refractivity contribution is 0.0858. The van der Waals surface area contributed by atoms with Crippen molar-refractivity contribution < 1.29 is 9.18 Å². The van der Waals surface area contributed by atoms with E-state index in [9.17, 15) is 9.18 Å². The monoisotopic (exact) mass is 321 g/mol. The zero-order chi connectivity index (χ0) is 16.5. The highest BCUT2D eigenvalue weighted by molar-refractivity contribution is 5.99. The summed E-state index contributed by atoms with van der Waals surface area (Å²) in [4.78, 5) is 17.2. The van der Waals surface area contributed by atoms with Crippen LogP contribution in [0.4, 0.5) is 10.1 Å². The van der Waals surface area contributed by atoms with E-state index in [0.29, 0.717) is 31.2 Å². The molecule has 2 aliphatic rings. The predicted molar refractivity (Wildman–Crippen MR) is 94.1 cm³/mol.